The molecule has 0 N–H and O–H groups in total. The highest BCUT2D eigenvalue weighted by Gasteiger charge is 2.46. The van der Waals surface area contributed by atoms with E-state index in [-0.39, 0.29) is 5.41 Å². The first-order valence-electron chi connectivity index (χ1n) is 14.2. The van der Waals surface area contributed by atoms with Crippen LogP contribution in [0.2, 0.25) is 0 Å². The Morgan fingerprint density at radius 3 is 1.30 bits per heavy atom. The van der Waals surface area contributed by atoms with E-state index in [2.05, 4.69) is 128 Å². The number of benzene rings is 4. The molecule has 37 heavy (non-hydrogen) atoms. The topological polar surface area (TPSA) is 0 Å². The van der Waals surface area contributed by atoms with Crippen molar-refractivity contribution >= 4 is 0 Å². The van der Waals surface area contributed by atoms with Gasteiger partial charge in [0.25, 0.3) is 0 Å². The lowest BCUT2D eigenvalue weighted by Crippen LogP contribution is -2.29. The number of hydrogen-bond acceptors (Lipinski definition) is 0. The van der Waals surface area contributed by atoms with Crippen molar-refractivity contribution in [2.45, 2.75) is 85.5 Å². The second kappa shape index (κ2) is 9.64. The molecule has 1 aliphatic rings. The number of rotatable bonds is 6. The fourth-order valence-electron chi connectivity index (χ4n) is 6.44. The van der Waals surface area contributed by atoms with Gasteiger partial charge in [-0.05, 0) is 96.9 Å². The van der Waals surface area contributed by atoms with Crippen LogP contribution in [-0.2, 0) is 5.41 Å². The van der Waals surface area contributed by atoms with Crippen LogP contribution in [0.4, 0.5) is 0 Å². The highest BCUT2D eigenvalue weighted by Crippen LogP contribution is 2.57. The smallest absolute Gasteiger partial charge is 0.0648 e. The maximum absolute atomic E-state index is 2.52. The molecule has 0 heterocycles. The molecule has 2 unspecified atom stereocenters. The summed E-state index contributed by atoms with van der Waals surface area (Å²) in [6.45, 7) is 18.3. The van der Waals surface area contributed by atoms with Crippen LogP contribution < -0.4 is 0 Å². The minimum atomic E-state index is -0.342. The van der Waals surface area contributed by atoms with Crippen LogP contribution in [0.5, 0.6) is 0 Å². The highest BCUT2D eigenvalue weighted by atomic mass is 14.5. The van der Waals surface area contributed by atoms with Gasteiger partial charge in [0.2, 0.25) is 0 Å². The molecule has 4 aromatic carbocycles. The molecule has 0 bridgehead atoms. The molecular weight excluding hydrogens is 444 g/mol. The van der Waals surface area contributed by atoms with Crippen LogP contribution in [-0.4, -0.2) is 0 Å². The quantitative estimate of drug-likeness (QED) is 0.224. The molecule has 4 aromatic rings. The molecule has 0 spiro atoms. The van der Waals surface area contributed by atoms with Gasteiger partial charge in [0.15, 0.2) is 0 Å². The molecule has 0 saturated heterocycles. The van der Waals surface area contributed by atoms with Gasteiger partial charge in [-0.25, -0.2) is 0 Å². The lowest BCUT2D eigenvalue weighted by atomic mass is 9.66. The van der Waals surface area contributed by atoms with Crippen molar-refractivity contribution in [2.75, 3.05) is 0 Å². The second-order valence-corrected chi connectivity index (χ2v) is 11.7. The van der Waals surface area contributed by atoms with Crippen LogP contribution in [0.25, 0.3) is 11.1 Å². The summed E-state index contributed by atoms with van der Waals surface area (Å²) in [6.07, 6.45) is 2.29. The van der Waals surface area contributed by atoms with Crippen molar-refractivity contribution < 1.29 is 0 Å². The fourth-order valence-corrected chi connectivity index (χ4v) is 6.44. The largest absolute Gasteiger partial charge is 0.0714 e. The van der Waals surface area contributed by atoms with Crippen molar-refractivity contribution in [1.29, 1.82) is 0 Å². The Bertz CT molecular complexity index is 1350. The minimum absolute atomic E-state index is 0.342. The molecule has 0 aliphatic heterocycles. The summed E-state index contributed by atoms with van der Waals surface area (Å²) >= 11 is 0. The summed E-state index contributed by atoms with van der Waals surface area (Å²) in [4.78, 5) is 0. The van der Waals surface area contributed by atoms with E-state index in [1.807, 2.05) is 0 Å². The lowest BCUT2D eigenvalue weighted by molar-refractivity contribution is 0.709. The van der Waals surface area contributed by atoms with Gasteiger partial charge in [-0.3, -0.25) is 0 Å². The first-order chi connectivity index (χ1) is 17.7. The molecule has 1 aliphatic carbocycles. The van der Waals surface area contributed by atoms with E-state index < -0.39 is 0 Å². The van der Waals surface area contributed by atoms with Crippen molar-refractivity contribution in [2.24, 2.45) is 0 Å². The summed E-state index contributed by atoms with van der Waals surface area (Å²) in [5, 5.41) is 0. The van der Waals surface area contributed by atoms with Gasteiger partial charge in [-0.15, -0.1) is 0 Å². The molecule has 5 rings (SSSR count). The van der Waals surface area contributed by atoms with E-state index >= 15 is 0 Å². The molecular formula is C37H42. The Morgan fingerprint density at radius 1 is 0.514 bits per heavy atom. The van der Waals surface area contributed by atoms with Gasteiger partial charge in [-0.1, -0.05) is 123 Å². The Kier molecular flexibility index (Phi) is 6.65. The first kappa shape index (κ1) is 25.5. The summed E-state index contributed by atoms with van der Waals surface area (Å²) < 4.78 is 0. The molecule has 0 fully saturated rings. The average Bonchev–Trinajstić information content (AvgIpc) is 3.16. The summed E-state index contributed by atoms with van der Waals surface area (Å²) in [5.41, 5.74) is 16.3. The third-order valence-corrected chi connectivity index (χ3v) is 8.88. The van der Waals surface area contributed by atoms with Crippen molar-refractivity contribution in [3.05, 3.63) is 128 Å². The minimum Gasteiger partial charge on any atom is -0.0648 e. The molecule has 0 heteroatoms. The number of fused-ring (bicyclic) bond motifs is 3. The first-order valence-corrected chi connectivity index (χ1v) is 14.2. The zero-order valence-corrected chi connectivity index (χ0v) is 24.0. The maximum atomic E-state index is 2.52. The number of aryl methyl sites for hydroxylation is 4. The molecule has 0 aromatic heterocycles. The molecule has 0 saturated carbocycles. The van der Waals surface area contributed by atoms with Gasteiger partial charge >= 0.3 is 0 Å². The number of hydrogen-bond donors (Lipinski definition) is 0. The standard InChI is InChI=1S/C37H42/c1-9-27(7)29-15-25(5)17-31(21-29)37(32-18-26(6)16-30(22-32)28(8)10-2)35-19-23(3)11-13-33(35)34-14-12-24(4)20-36(34)37/h11-22,27-28H,9-10H2,1-8H3. The maximum Gasteiger partial charge on any atom is 0.0714 e. The van der Waals surface area contributed by atoms with E-state index in [0.717, 1.165) is 12.8 Å². The third kappa shape index (κ3) is 4.15. The van der Waals surface area contributed by atoms with Crippen LogP contribution >= 0.6 is 0 Å². The van der Waals surface area contributed by atoms with Gasteiger partial charge in [0, 0.05) is 0 Å². The van der Waals surface area contributed by atoms with E-state index in [4.69, 9.17) is 0 Å². The zero-order chi connectivity index (χ0) is 26.5. The highest BCUT2D eigenvalue weighted by molar-refractivity contribution is 5.87. The second-order valence-electron chi connectivity index (χ2n) is 11.7. The average molecular weight is 487 g/mol. The van der Waals surface area contributed by atoms with E-state index in [1.54, 1.807) is 0 Å². The van der Waals surface area contributed by atoms with E-state index in [1.165, 1.54) is 66.8 Å². The zero-order valence-electron chi connectivity index (χ0n) is 24.0. The molecule has 0 amide bonds. The van der Waals surface area contributed by atoms with Gasteiger partial charge in [0.05, 0.1) is 5.41 Å². The monoisotopic (exact) mass is 486 g/mol. The lowest BCUT2D eigenvalue weighted by Gasteiger charge is -2.36. The SMILES string of the molecule is CCC(C)c1cc(C)cc(C2(c3cc(C)cc(C(C)CC)c3)c3cc(C)ccc3-c3ccc(C)cc32)c1. The molecule has 2 atom stereocenters. The van der Waals surface area contributed by atoms with Crippen LogP contribution in [0.1, 0.15) is 108 Å². The van der Waals surface area contributed by atoms with Crippen molar-refractivity contribution in [1.82, 2.24) is 0 Å². The Labute approximate surface area is 224 Å². The van der Waals surface area contributed by atoms with Crippen LogP contribution in [0, 0.1) is 27.7 Å². The van der Waals surface area contributed by atoms with E-state index in [0.29, 0.717) is 11.8 Å². The van der Waals surface area contributed by atoms with Crippen LogP contribution in [0.15, 0.2) is 72.8 Å². The predicted octanol–water partition coefficient (Wildman–Crippen LogP) is 10.3. The Morgan fingerprint density at radius 2 is 0.919 bits per heavy atom. The third-order valence-electron chi connectivity index (χ3n) is 8.88. The van der Waals surface area contributed by atoms with E-state index in [9.17, 15) is 0 Å². The van der Waals surface area contributed by atoms with Crippen LogP contribution in [0.3, 0.4) is 0 Å². The fraction of sp³-hybridized carbons (Fsp3) is 0.351. The molecule has 190 valence electrons. The van der Waals surface area contributed by atoms with Gasteiger partial charge in [0.1, 0.15) is 0 Å². The summed E-state index contributed by atoms with van der Waals surface area (Å²) in [6, 6.07) is 29.0. The Hall–Kier alpha value is -3.12. The Balaban J connectivity index is 1.98. The molecule has 0 radical (unpaired) electrons. The summed E-state index contributed by atoms with van der Waals surface area (Å²) in [5.74, 6) is 1.05. The summed E-state index contributed by atoms with van der Waals surface area (Å²) in [7, 11) is 0. The van der Waals surface area contributed by atoms with Crippen molar-refractivity contribution in [3.8, 4) is 11.1 Å². The normalized spacial score (nSPS) is 15.2. The van der Waals surface area contributed by atoms with Crippen molar-refractivity contribution in [3.63, 3.8) is 0 Å². The predicted molar refractivity (Wildman–Crippen MR) is 160 cm³/mol. The van der Waals surface area contributed by atoms with Gasteiger partial charge < -0.3 is 0 Å². The van der Waals surface area contributed by atoms with Gasteiger partial charge in [-0.2, -0.15) is 0 Å². The molecule has 0 nitrogen and oxygen atoms in total.